The maximum atomic E-state index is 13.3. The molecule has 0 aliphatic carbocycles. The molecule has 1 amide bonds. The Morgan fingerprint density at radius 2 is 1.79 bits per heavy atom. The van der Waals surface area contributed by atoms with E-state index in [-0.39, 0.29) is 23.2 Å². The average molecular weight is 454 g/mol. The number of carbonyl (C=O) groups excluding carboxylic acids is 1. The zero-order valence-electron chi connectivity index (χ0n) is 16.7. The van der Waals surface area contributed by atoms with Gasteiger partial charge in [0.05, 0.1) is 15.1 Å². The molecule has 0 N–H and O–H groups in total. The number of fused-ring (bicyclic) bond motifs is 1. The van der Waals surface area contributed by atoms with Crippen LogP contribution in [0.25, 0.3) is 10.2 Å². The average Bonchev–Trinajstić information content (AvgIpc) is 3.06. The number of hydrogen-bond acceptors (Lipinski definition) is 6. The molecule has 3 aromatic rings. The lowest BCUT2D eigenvalue weighted by Crippen LogP contribution is -2.36. The van der Waals surface area contributed by atoms with Crippen LogP contribution in [-0.4, -0.2) is 57.6 Å². The summed E-state index contributed by atoms with van der Waals surface area (Å²) in [7, 11) is 0.487. The first-order valence-corrected chi connectivity index (χ1v) is 11.5. The van der Waals surface area contributed by atoms with Crippen LogP contribution >= 0.6 is 23.7 Å². The molecule has 9 heteroatoms. The number of thiazole rings is 1. The molecule has 0 aliphatic heterocycles. The summed E-state index contributed by atoms with van der Waals surface area (Å²) in [5, 5.41) is 0.612. The highest BCUT2D eigenvalue weighted by atomic mass is 35.5. The molecule has 3 rings (SSSR count). The molecular formula is C20H24ClN3O3S2. The van der Waals surface area contributed by atoms with Crippen molar-refractivity contribution in [3.63, 3.8) is 0 Å². The zero-order valence-corrected chi connectivity index (χ0v) is 19.2. The number of carbonyl (C=O) groups is 1. The van der Waals surface area contributed by atoms with E-state index in [4.69, 9.17) is 4.98 Å². The highest BCUT2D eigenvalue weighted by Gasteiger charge is 2.23. The van der Waals surface area contributed by atoms with Crippen LogP contribution < -0.4 is 4.90 Å². The topological polar surface area (TPSA) is 70.6 Å². The van der Waals surface area contributed by atoms with Gasteiger partial charge >= 0.3 is 0 Å². The Morgan fingerprint density at radius 1 is 1.10 bits per heavy atom. The third kappa shape index (κ3) is 5.33. The van der Waals surface area contributed by atoms with E-state index in [1.807, 2.05) is 44.1 Å². The summed E-state index contributed by atoms with van der Waals surface area (Å²) in [6, 6.07) is 12.1. The Hall–Kier alpha value is -2.00. The van der Waals surface area contributed by atoms with Crippen LogP contribution in [0.4, 0.5) is 5.13 Å². The molecule has 0 saturated heterocycles. The van der Waals surface area contributed by atoms with Crippen LogP contribution in [0.2, 0.25) is 0 Å². The maximum Gasteiger partial charge on any atom is 0.260 e. The number of rotatable bonds is 6. The van der Waals surface area contributed by atoms with Crippen molar-refractivity contribution in [3.05, 3.63) is 53.6 Å². The number of anilines is 1. The number of nitrogens with zero attached hydrogens (tertiary/aromatic N) is 3. The van der Waals surface area contributed by atoms with Gasteiger partial charge in [-0.15, -0.1) is 12.4 Å². The van der Waals surface area contributed by atoms with Gasteiger partial charge in [0.15, 0.2) is 15.0 Å². The third-order valence-electron chi connectivity index (χ3n) is 4.37. The summed E-state index contributed by atoms with van der Waals surface area (Å²) in [5.74, 6) is -0.260. The van der Waals surface area contributed by atoms with Crippen LogP contribution in [0.15, 0.2) is 47.4 Å². The minimum Gasteiger partial charge on any atom is -0.308 e. The van der Waals surface area contributed by atoms with Crippen molar-refractivity contribution in [2.45, 2.75) is 11.8 Å². The number of aryl methyl sites for hydroxylation is 1. The molecule has 0 radical (unpaired) electrons. The van der Waals surface area contributed by atoms with Gasteiger partial charge in [-0.05, 0) is 50.8 Å². The summed E-state index contributed by atoms with van der Waals surface area (Å²) >= 11 is 1.46. The fraction of sp³-hybridized carbons (Fsp3) is 0.300. The number of amides is 1. The van der Waals surface area contributed by atoms with E-state index in [1.165, 1.54) is 23.5 Å². The third-order valence-corrected chi connectivity index (χ3v) is 6.52. The maximum absolute atomic E-state index is 13.3. The van der Waals surface area contributed by atoms with Crippen molar-refractivity contribution < 1.29 is 13.2 Å². The van der Waals surface area contributed by atoms with Crippen molar-refractivity contribution in [2.24, 2.45) is 0 Å². The predicted octanol–water partition coefficient (Wildman–Crippen LogP) is 3.64. The molecule has 0 bridgehead atoms. The predicted molar refractivity (Wildman–Crippen MR) is 121 cm³/mol. The quantitative estimate of drug-likeness (QED) is 0.569. The summed E-state index contributed by atoms with van der Waals surface area (Å²) in [6.07, 6.45) is 1.14. The summed E-state index contributed by atoms with van der Waals surface area (Å²) < 4.78 is 24.8. The molecule has 0 unspecified atom stereocenters. The Kier molecular flexibility index (Phi) is 7.40. The highest BCUT2D eigenvalue weighted by Crippen LogP contribution is 2.31. The van der Waals surface area contributed by atoms with Gasteiger partial charge < -0.3 is 4.90 Å². The standard InChI is InChI=1S/C20H23N3O3S2.ClH/c1-14-7-5-10-17-18(14)21-20(27-17)23(12-11-22(2)3)19(24)15-8-6-9-16(13-15)28(4,25)26;/h5-10,13H,11-12H2,1-4H3;1H. The highest BCUT2D eigenvalue weighted by molar-refractivity contribution is 7.90. The van der Waals surface area contributed by atoms with Crippen LogP contribution in [-0.2, 0) is 9.84 Å². The van der Waals surface area contributed by atoms with Gasteiger partial charge in [-0.3, -0.25) is 9.69 Å². The largest absolute Gasteiger partial charge is 0.308 e. The number of likely N-dealkylation sites (N-methyl/N-ethyl adjacent to an activating group) is 1. The van der Waals surface area contributed by atoms with Crippen molar-refractivity contribution in [1.82, 2.24) is 9.88 Å². The van der Waals surface area contributed by atoms with E-state index in [9.17, 15) is 13.2 Å². The van der Waals surface area contributed by atoms with Gasteiger partial charge in [0.1, 0.15) is 0 Å². The molecule has 29 heavy (non-hydrogen) atoms. The van der Waals surface area contributed by atoms with Gasteiger partial charge in [-0.1, -0.05) is 29.5 Å². The SMILES string of the molecule is Cc1cccc2sc(N(CCN(C)C)C(=O)c3cccc(S(C)(=O)=O)c3)nc12.Cl. The molecule has 156 valence electrons. The molecule has 0 aliphatic rings. The van der Waals surface area contributed by atoms with Crippen LogP contribution in [0.5, 0.6) is 0 Å². The second-order valence-electron chi connectivity index (χ2n) is 6.98. The van der Waals surface area contributed by atoms with E-state index in [0.29, 0.717) is 23.8 Å². The Bertz CT molecular complexity index is 1130. The van der Waals surface area contributed by atoms with E-state index in [2.05, 4.69) is 0 Å². The minimum absolute atomic E-state index is 0. The molecule has 1 heterocycles. The van der Waals surface area contributed by atoms with Crippen molar-refractivity contribution >= 4 is 54.8 Å². The van der Waals surface area contributed by atoms with Crippen molar-refractivity contribution in [1.29, 1.82) is 0 Å². The molecule has 0 atom stereocenters. The minimum atomic E-state index is -3.39. The monoisotopic (exact) mass is 453 g/mol. The fourth-order valence-electron chi connectivity index (χ4n) is 2.79. The number of aromatic nitrogens is 1. The van der Waals surface area contributed by atoms with Crippen LogP contribution in [0.3, 0.4) is 0 Å². The number of sulfone groups is 1. The second-order valence-corrected chi connectivity index (χ2v) is 10.0. The molecule has 1 aromatic heterocycles. The summed E-state index contributed by atoms with van der Waals surface area (Å²) in [6.45, 7) is 3.10. The number of para-hydroxylation sites is 1. The first-order valence-electron chi connectivity index (χ1n) is 8.79. The molecule has 0 fully saturated rings. The lowest BCUT2D eigenvalue weighted by Gasteiger charge is -2.22. The van der Waals surface area contributed by atoms with Gasteiger partial charge in [0, 0.05) is 24.9 Å². The Morgan fingerprint density at radius 3 is 2.41 bits per heavy atom. The van der Waals surface area contributed by atoms with E-state index in [0.717, 1.165) is 22.0 Å². The second kappa shape index (κ2) is 9.21. The van der Waals surface area contributed by atoms with Gasteiger partial charge in [-0.25, -0.2) is 13.4 Å². The Balaban J connectivity index is 0.00000300. The van der Waals surface area contributed by atoms with E-state index in [1.54, 1.807) is 17.0 Å². The number of hydrogen-bond donors (Lipinski definition) is 0. The molecule has 0 spiro atoms. The van der Waals surface area contributed by atoms with Crippen molar-refractivity contribution in [2.75, 3.05) is 38.3 Å². The molecule has 6 nitrogen and oxygen atoms in total. The number of halogens is 1. The lowest BCUT2D eigenvalue weighted by atomic mass is 10.2. The van der Waals surface area contributed by atoms with E-state index < -0.39 is 9.84 Å². The fourth-order valence-corrected chi connectivity index (χ4v) is 4.52. The van der Waals surface area contributed by atoms with Gasteiger partial charge in [0.25, 0.3) is 5.91 Å². The smallest absolute Gasteiger partial charge is 0.260 e. The van der Waals surface area contributed by atoms with Crippen LogP contribution in [0, 0.1) is 6.92 Å². The number of benzene rings is 2. The first-order chi connectivity index (χ1) is 13.2. The van der Waals surface area contributed by atoms with Gasteiger partial charge in [-0.2, -0.15) is 0 Å². The lowest BCUT2D eigenvalue weighted by molar-refractivity contribution is 0.0985. The van der Waals surface area contributed by atoms with Crippen molar-refractivity contribution in [3.8, 4) is 0 Å². The summed E-state index contributed by atoms with van der Waals surface area (Å²) in [4.78, 5) is 21.7. The molecule has 2 aromatic carbocycles. The molecule has 0 saturated carbocycles. The Labute approximate surface area is 181 Å². The van der Waals surface area contributed by atoms with Gasteiger partial charge in [0.2, 0.25) is 0 Å². The van der Waals surface area contributed by atoms with E-state index >= 15 is 0 Å². The normalized spacial score (nSPS) is 11.5. The first kappa shape index (κ1) is 23.3. The molecular weight excluding hydrogens is 430 g/mol. The summed E-state index contributed by atoms with van der Waals surface area (Å²) in [5.41, 5.74) is 2.27. The van der Waals surface area contributed by atoms with Crippen LogP contribution in [0.1, 0.15) is 15.9 Å². The zero-order chi connectivity index (χ0) is 20.5.